The summed E-state index contributed by atoms with van der Waals surface area (Å²) in [4.78, 5) is 10.4. The summed E-state index contributed by atoms with van der Waals surface area (Å²) < 4.78 is 0. The number of hydrogen-bond donors (Lipinski definition) is 1. The Labute approximate surface area is 82.1 Å². The monoisotopic (exact) mass is 184 g/mol. The van der Waals surface area contributed by atoms with Crippen LogP contribution in [0.5, 0.6) is 0 Å². The third kappa shape index (κ3) is 4.30. The van der Waals surface area contributed by atoms with Crippen LogP contribution in [0, 0.1) is 0 Å². The Bertz CT molecular complexity index is 117. The van der Waals surface area contributed by atoms with Crippen molar-refractivity contribution in [3.05, 3.63) is 0 Å². The van der Waals surface area contributed by atoms with E-state index in [-0.39, 0.29) is 5.54 Å². The molecule has 77 valence electrons. The fraction of sp³-hybridized carbons (Fsp3) is 0.909. The molecule has 0 unspecified atom stereocenters. The lowest BCUT2D eigenvalue weighted by atomic mass is 9.84. The van der Waals surface area contributed by atoms with E-state index in [4.69, 9.17) is 0 Å². The van der Waals surface area contributed by atoms with Crippen molar-refractivity contribution in [1.82, 2.24) is 5.32 Å². The molecule has 0 fully saturated rings. The SMILES string of the molecule is CCCC(CCC)(CCC)N[C]=O. The van der Waals surface area contributed by atoms with E-state index in [0.29, 0.717) is 0 Å². The molecule has 13 heavy (non-hydrogen) atoms. The van der Waals surface area contributed by atoms with E-state index in [1.54, 1.807) is 0 Å². The van der Waals surface area contributed by atoms with Crippen LogP contribution in [-0.2, 0) is 4.79 Å². The fourth-order valence-corrected chi connectivity index (χ4v) is 2.11. The van der Waals surface area contributed by atoms with Gasteiger partial charge in [0.05, 0.1) is 0 Å². The van der Waals surface area contributed by atoms with Crippen LogP contribution in [0.4, 0.5) is 0 Å². The molecular weight excluding hydrogens is 162 g/mol. The summed E-state index contributed by atoms with van der Waals surface area (Å²) in [5.74, 6) is 0. The Hall–Kier alpha value is -0.530. The third-order valence-corrected chi connectivity index (χ3v) is 2.50. The topological polar surface area (TPSA) is 29.1 Å². The van der Waals surface area contributed by atoms with Gasteiger partial charge in [-0.25, -0.2) is 0 Å². The van der Waals surface area contributed by atoms with Gasteiger partial charge in [-0.3, -0.25) is 4.79 Å². The van der Waals surface area contributed by atoms with Gasteiger partial charge in [0, 0.05) is 5.54 Å². The maximum atomic E-state index is 10.4. The molecule has 0 aromatic carbocycles. The molecule has 0 spiro atoms. The molecule has 0 heterocycles. The molecule has 1 amide bonds. The first-order valence-corrected chi connectivity index (χ1v) is 5.39. The van der Waals surface area contributed by atoms with Crippen LogP contribution in [0.2, 0.25) is 0 Å². The van der Waals surface area contributed by atoms with Crippen molar-refractivity contribution in [2.45, 2.75) is 64.8 Å². The summed E-state index contributed by atoms with van der Waals surface area (Å²) in [6, 6.07) is 0. The zero-order valence-electron chi connectivity index (χ0n) is 9.15. The van der Waals surface area contributed by atoms with Gasteiger partial charge in [-0.1, -0.05) is 40.0 Å². The standard InChI is InChI=1S/C11H22NO/c1-4-7-11(8-5-2,9-6-3)12-10-13/h4-9H2,1-3H3,(H,12,13). The smallest absolute Gasteiger partial charge is 0.309 e. The number of hydrogen-bond acceptors (Lipinski definition) is 1. The molecule has 0 saturated carbocycles. The van der Waals surface area contributed by atoms with Gasteiger partial charge in [-0.2, -0.15) is 0 Å². The lowest BCUT2D eigenvalue weighted by molar-refractivity contribution is 0.288. The second-order valence-corrected chi connectivity index (χ2v) is 3.76. The highest BCUT2D eigenvalue weighted by Gasteiger charge is 2.26. The first-order chi connectivity index (χ1) is 6.24. The van der Waals surface area contributed by atoms with Crippen LogP contribution in [0.1, 0.15) is 59.3 Å². The maximum absolute atomic E-state index is 10.4. The third-order valence-electron chi connectivity index (χ3n) is 2.50. The lowest BCUT2D eigenvalue weighted by Crippen LogP contribution is -2.44. The number of rotatable bonds is 8. The molecule has 0 aromatic rings. The summed E-state index contributed by atoms with van der Waals surface area (Å²) >= 11 is 0. The van der Waals surface area contributed by atoms with Gasteiger partial charge in [0.2, 0.25) is 0 Å². The molecule has 1 N–H and O–H groups in total. The fourth-order valence-electron chi connectivity index (χ4n) is 2.11. The highest BCUT2D eigenvalue weighted by atomic mass is 16.1. The second-order valence-electron chi connectivity index (χ2n) is 3.76. The van der Waals surface area contributed by atoms with Gasteiger partial charge in [0.25, 0.3) is 0 Å². The molecule has 0 aromatic heterocycles. The zero-order valence-corrected chi connectivity index (χ0v) is 9.15. The Morgan fingerprint density at radius 1 is 1.00 bits per heavy atom. The van der Waals surface area contributed by atoms with E-state index in [2.05, 4.69) is 26.1 Å². The van der Waals surface area contributed by atoms with Crippen molar-refractivity contribution in [2.75, 3.05) is 0 Å². The van der Waals surface area contributed by atoms with Gasteiger partial charge in [-0.05, 0) is 19.3 Å². The van der Waals surface area contributed by atoms with Crippen molar-refractivity contribution in [3.63, 3.8) is 0 Å². The number of nitrogens with one attached hydrogen (secondary N) is 1. The minimum Gasteiger partial charge on any atom is -0.342 e. The average Bonchev–Trinajstić information content (AvgIpc) is 2.06. The second kappa shape index (κ2) is 6.93. The van der Waals surface area contributed by atoms with E-state index in [1.165, 1.54) is 0 Å². The molecule has 0 aliphatic rings. The quantitative estimate of drug-likeness (QED) is 0.577. The van der Waals surface area contributed by atoms with Gasteiger partial charge < -0.3 is 5.32 Å². The first-order valence-electron chi connectivity index (χ1n) is 5.39. The molecular formula is C11H22NO. The summed E-state index contributed by atoms with van der Waals surface area (Å²) in [6.07, 6.45) is 8.44. The van der Waals surface area contributed by atoms with Crippen LogP contribution in [-0.4, -0.2) is 11.9 Å². The van der Waals surface area contributed by atoms with Crippen molar-refractivity contribution in [3.8, 4) is 0 Å². The Morgan fingerprint density at radius 2 is 1.38 bits per heavy atom. The first kappa shape index (κ1) is 12.5. The van der Waals surface area contributed by atoms with E-state index in [9.17, 15) is 4.79 Å². The van der Waals surface area contributed by atoms with E-state index < -0.39 is 0 Å². The van der Waals surface area contributed by atoms with Crippen molar-refractivity contribution >= 4 is 6.41 Å². The van der Waals surface area contributed by atoms with Crippen LogP contribution in [0.3, 0.4) is 0 Å². The van der Waals surface area contributed by atoms with Gasteiger partial charge >= 0.3 is 6.41 Å². The Balaban J connectivity index is 4.27. The lowest BCUT2D eigenvalue weighted by Gasteiger charge is -2.32. The summed E-state index contributed by atoms with van der Waals surface area (Å²) in [5, 5.41) is 2.89. The summed E-state index contributed by atoms with van der Waals surface area (Å²) in [7, 11) is 0. The predicted octanol–water partition coefficient (Wildman–Crippen LogP) is 2.78. The van der Waals surface area contributed by atoms with Crippen molar-refractivity contribution in [2.24, 2.45) is 0 Å². The van der Waals surface area contributed by atoms with E-state index >= 15 is 0 Å². The number of amides is 1. The molecule has 0 atom stereocenters. The molecule has 0 bridgehead atoms. The average molecular weight is 184 g/mol. The van der Waals surface area contributed by atoms with Crippen LogP contribution in [0.15, 0.2) is 0 Å². The molecule has 2 nitrogen and oxygen atoms in total. The van der Waals surface area contributed by atoms with E-state index in [0.717, 1.165) is 38.5 Å². The van der Waals surface area contributed by atoms with Crippen molar-refractivity contribution in [1.29, 1.82) is 0 Å². The minimum atomic E-state index is 0.0278. The zero-order chi connectivity index (χ0) is 10.2. The van der Waals surface area contributed by atoms with Crippen LogP contribution < -0.4 is 5.32 Å². The summed E-state index contributed by atoms with van der Waals surface area (Å²) in [5.41, 5.74) is 0.0278. The van der Waals surface area contributed by atoms with Gasteiger partial charge in [0.1, 0.15) is 0 Å². The minimum absolute atomic E-state index is 0.0278. The highest BCUT2D eigenvalue weighted by Crippen LogP contribution is 2.24. The van der Waals surface area contributed by atoms with E-state index in [1.807, 2.05) is 6.41 Å². The molecule has 1 radical (unpaired) electrons. The normalized spacial score (nSPS) is 11.3. The van der Waals surface area contributed by atoms with Crippen LogP contribution >= 0.6 is 0 Å². The Morgan fingerprint density at radius 3 is 1.62 bits per heavy atom. The van der Waals surface area contributed by atoms with Crippen LogP contribution in [0.25, 0.3) is 0 Å². The molecule has 2 heteroatoms. The Kier molecular flexibility index (Phi) is 6.65. The molecule has 0 aliphatic heterocycles. The van der Waals surface area contributed by atoms with Gasteiger partial charge in [0.15, 0.2) is 0 Å². The van der Waals surface area contributed by atoms with Gasteiger partial charge in [-0.15, -0.1) is 0 Å². The number of carbonyl (C=O) groups excluding carboxylic acids is 1. The maximum Gasteiger partial charge on any atom is 0.309 e. The highest BCUT2D eigenvalue weighted by molar-refractivity contribution is 5.49. The summed E-state index contributed by atoms with van der Waals surface area (Å²) in [6.45, 7) is 6.48. The van der Waals surface area contributed by atoms with Crippen molar-refractivity contribution < 1.29 is 4.79 Å². The largest absolute Gasteiger partial charge is 0.342 e. The molecule has 0 saturated heterocycles. The molecule has 0 aliphatic carbocycles. The predicted molar refractivity (Wildman–Crippen MR) is 56.3 cm³/mol. The molecule has 0 rings (SSSR count).